The van der Waals surface area contributed by atoms with Crippen LogP contribution in [0.2, 0.25) is 0 Å². The smallest absolute Gasteiger partial charge is 0.271 e. The largest absolute Gasteiger partial charge is 0.299 e. The van der Waals surface area contributed by atoms with Crippen LogP contribution in [-0.4, -0.2) is 15.4 Å². The number of carbonyl (C=O) groups is 1. The Kier molecular flexibility index (Phi) is 7.24. The van der Waals surface area contributed by atoms with Crippen LogP contribution in [0.5, 0.6) is 0 Å². The third-order valence-corrected chi connectivity index (χ3v) is 9.82. The molecule has 0 aromatic carbocycles. The topological polar surface area (TPSA) is 68.3 Å². The van der Waals surface area contributed by atoms with Crippen molar-refractivity contribution in [2.45, 2.75) is 58.9 Å². The van der Waals surface area contributed by atoms with Gasteiger partial charge in [-0.25, -0.2) is 5.84 Å². The van der Waals surface area contributed by atoms with E-state index in [9.17, 15) is 9.59 Å². The molecule has 2 unspecified atom stereocenters. The lowest BCUT2D eigenvalue weighted by Crippen LogP contribution is -2.37. The molecule has 3 aliphatic carbocycles. The van der Waals surface area contributed by atoms with Crippen LogP contribution in [0.25, 0.3) is 10.6 Å². The summed E-state index contributed by atoms with van der Waals surface area (Å²) < 4.78 is 3.07. The molecular weight excluding hydrogens is 486 g/mol. The van der Waals surface area contributed by atoms with Crippen molar-refractivity contribution >= 4 is 39.5 Å². The third kappa shape index (κ3) is 4.49. The zero-order valence-electron chi connectivity index (χ0n) is 21.0. The molecule has 0 saturated heterocycles. The summed E-state index contributed by atoms with van der Waals surface area (Å²) in [5.74, 6) is 7.10. The van der Waals surface area contributed by atoms with Gasteiger partial charge in [0.2, 0.25) is 0 Å². The maximum absolute atomic E-state index is 13.8. The molecule has 0 saturated carbocycles. The van der Waals surface area contributed by atoms with Gasteiger partial charge in [-0.2, -0.15) is 0 Å². The van der Waals surface area contributed by atoms with Crippen LogP contribution in [0.15, 0.2) is 75.7 Å². The predicted octanol–water partition coefficient (Wildman–Crippen LogP) is 4.63. The molecule has 2 heterocycles. The van der Waals surface area contributed by atoms with Gasteiger partial charge in [0.05, 0.1) is 5.70 Å². The molecule has 5 rings (SSSR count). The number of hydrazine groups is 1. The number of allylic oxidation sites excluding steroid dienone is 9. The average molecular weight is 520 g/mol. The summed E-state index contributed by atoms with van der Waals surface area (Å²) in [6.07, 6.45) is 20.7. The Hall–Kier alpha value is -2.61. The van der Waals surface area contributed by atoms with Crippen molar-refractivity contribution in [3.05, 3.63) is 90.4 Å². The minimum atomic E-state index is -0.0801. The fourth-order valence-electron chi connectivity index (χ4n) is 5.25. The SMILES string of the molecule is C=C1C=CC(C)C/C(=c2/s/c(=C3/SC(C4=CCCCC4)=C(C4C=CC=CC4)N3N)c(=O)n2CC)C1=O. The van der Waals surface area contributed by atoms with Crippen LogP contribution in [0.4, 0.5) is 0 Å². The number of thioether (sulfide) groups is 1. The quantitative estimate of drug-likeness (QED) is 0.466. The second-order valence-corrected chi connectivity index (χ2v) is 11.8. The van der Waals surface area contributed by atoms with Gasteiger partial charge in [-0.1, -0.05) is 67.8 Å². The van der Waals surface area contributed by atoms with E-state index in [4.69, 9.17) is 5.84 Å². The normalized spacial score (nSPS) is 27.8. The molecule has 2 N–H and O–H groups in total. The Morgan fingerprint density at radius 2 is 2.03 bits per heavy atom. The summed E-state index contributed by atoms with van der Waals surface area (Å²) in [5.41, 5.74) is 3.47. The minimum Gasteiger partial charge on any atom is -0.299 e. The molecule has 1 aromatic rings. The number of aromatic nitrogens is 1. The van der Waals surface area contributed by atoms with Gasteiger partial charge in [-0.05, 0) is 56.9 Å². The van der Waals surface area contributed by atoms with Gasteiger partial charge in [0.25, 0.3) is 5.56 Å². The summed E-state index contributed by atoms with van der Waals surface area (Å²) in [5, 5.41) is 2.52. The van der Waals surface area contributed by atoms with E-state index < -0.39 is 0 Å². The zero-order chi connectivity index (χ0) is 25.4. The number of hydrogen-bond acceptors (Lipinski definition) is 6. The van der Waals surface area contributed by atoms with Crippen molar-refractivity contribution in [1.29, 1.82) is 0 Å². The van der Waals surface area contributed by atoms with Gasteiger partial charge in [-0.15, -0.1) is 11.3 Å². The van der Waals surface area contributed by atoms with E-state index in [1.54, 1.807) is 27.4 Å². The molecule has 5 nitrogen and oxygen atoms in total. The first-order valence-electron chi connectivity index (χ1n) is 12.8. The maximum Gasteiger partial charge on any atom is 0.271 e. The lowest BCUT2D eigenvalue weighted by atomic mass is 9.92. The average Bonchev–Trinajstić information content (AvgIpc) is 3.38. The van der Waals surface area contributed by atoms with Gasteiger partial charge in [0, 0.05) is 28.5 Å². The Balaban J connectivity index is 1.71. The van der Waals surface area contributed by atoms with E-state index in [2.05, 4.69) is 43.9 Å². The van der Waals surface area contributed by atoms with Gasteiger partial charge in [0.15, 0.2) is 5.78 Å². The van der Waals surface area contributed by atoms with Crippen molar-refractivity contribution in [1.82, 2.24) is 9.58 Å². The van der Waals surface area contributed by atoms with Crippen LogP contribution in [0.1, 0.15) is 52.4 Å². The Labute approximate surface area is 220 Å². The van der Waals surface area contributed by atoms with Crippen LogP contribution in [0, 0.1) is 11.8 Å². The molecule has 4 aliphatic rings. The number of carbonyl (C=O) groups excluding carboxylic acids is 1. The highest BCUT2D eigenvalue weighted by molar-refractivity contribution is 8.11. The molecule has 1 aromatic heterocycles. The molecule has 2 atom stereocenters. The number of rotatable bonds is 3. The second kappa shape index (κ2) is 10.4. The van der Waals surface area contributed by atoms with Gasteiger partial charge < -0.3 is 0 Å². The summed E-state index contributed by atoms with van der Waals surface area (Å²) in [4.78, 5) is 28.2. The monoisotopic (exact) mass is 519 g/mol. The standard InChI is InChI=1S/C29H33N3O2S2/c1-4-31-27(34)26(36-28(31)22-17-18(2)15-16-19(3)24(22)33)29-32(30)23(20-11-7-5-8-12-20)25(35-29)21-13-9-6-10-14-21/h5,7-8,11,13,15-16,18,20H,3-4,6,9-10,12,14,17,30H2,1-2H3/b28-22-,29-26+. The first-order chi connectivity index (χ1) is 17.4. The Bertz CT molecular complexity index is 1450. The molecule has 0 spiro atoms. The van der Waals surface area contributed by atoms with E-state index in [0.717, 1.165) is 34.7 Å². The lowest BCUT2D eigenvalue weighted by molar-refractivity contribution is -0.110. The maximum atomic E-state index is 13.8. The second-order valence-electron chi connectivity index (χ2n) is 9.78. The van der Waals surface area contributed by atoms with Crippen LogP contribution >= 0.6 is 23.1 Å². The van der Waals surface area contributed by atoms with Crippen molar-refractivity contribution in [3.8, 4) is 0 Å². The molecule has 0 amide bonds. The lowest BCUT2D eigenvalue weighted by Gasteiger charge is -2.24. The number of nitrogens with zero attached hydrogens (tertiary/aromatic N) is 2. The summed E-state index contributed by atoms with van der Waals surface area (Å²) in [7, 11) is 0. The number of ketones is 1. The molecule has 7 heteroatoms. The molecule has 188 valence electrons. The highest BCUT2D eigenvalue weighted by atomic mass is 32.2. The fraction of sp³-hybridized carbons (Fsp3) is 0.379. The number of nitrogens with two attached hydrogens (primary N) is 1. The number of hydrogen-bond donors (Lipinski definition) is 1. The van der Waals surface area contributed by atoms with Gasteiger partial charge >= 0.3 is 0 Å². The molecule has 0 fully saturated rings. The Morgan fingerprint density at radius 1 is 1.19 bits per heavy atom. The van der Waals surface area contributed by atoms with E-state index >= 15 is 0 Å². The first-order valence-corrected chi connectivity index (χ1v) is 14.4. The highest BCUT2D eigenvalue weighted by Crippen LogP contribution is 2.49. The summed E-state index contributed by atoms with van der Waals surface area (Å²) in [6.45, 7) is 8.49. The van der Waals surface area contributed by atoms with Gasteiger partial charge in [0.1, 0.15) is 14.2 Å². The molecule has 0 bridgehead atoms. The Morgan fingerprint density at radius 3 is 2.72 bits per heavy atom. The minimum absolute atomic E-state index is 0.0785. The van der Waals surface area contributed by atoms with Crippen molar-refractivity contribution < 1.29 is 4.79 Å². The molecular formula is C29H33N3O2S2. The molecule has 0 radical (unpaired) electrons. The fourth-order valence-corrected chi connectivity index (χ4v) is 7.94. The van der Waals surface area contributed by atoms with E-state index in [1.165, 1.54) is 34.7 Å². The molecule has 36 heavy (non-hydrogen) atoms. The number of Topliss-reactive ketones (excluding diaryl/α,β-unsaturated/α-hetero) is 1. The zero-order valence-corrected chi connectivity index (χ0v) is 22.6. The van der Waals surface area contributed by atoms with Crippen molar-refractivity contribution in [2.75, 3.05) is 0 Å². The highest BCUT2D eigenvalue weighted by Gasteiger charge is 2.34. The van der Waals surface area contributed by atoms with Gasteiger partial charge in [-0.3, -0.25) is 19.2 Å². The molecule has 1 aliphatic heterocycles. The summed E-state index contributed by atoms with van der Waals surface area (Å²) in [6, 6.07) is 0. The van der Waals surface area contributed by atoms with E-state index in [-0.39, 0.29) is 23.2 Å². The van der Waals surface area contributed by atoms with Crippen LogP contribution in [-0.2, 0) is 11.3 Å². The predicted molar refractivity (Wildman–Crippen MR) is 151 cm³/mol. The van der Waals surface area contributed by atoms with Crippen LogP contribution in [0.3, 0.4) is 0 Å². The third-order valence-electron chi connectivity index (χ3n) is 7.19. The van der Waals surface area contributed by atoms with Crippen molar-refractivity contribution in [2.24, 2.45) is 17.7 Å². The van der Waals surface area contributed by atoms with Crippen molar-refractivity contribution in [3.63, 3.8) is 0 Å². The summed E-state index contributed by atoms with van der Waals surface area (Å²) >= 11 is 3.02. The number of thiazole rings is 1. The van der Waals surface area contributed by atoms with E-state index in [1.807, 2.05) is 13.0 Å². The van der Waals surface area contributed by atoms with E-state index in [0.29, 0.717) is 28.6 Å². The first kappa shape index (κ1) is 25.1. The van der Waals surface area contributed by atoms with Crippen LogP contribution < -0.4 is 20.6 Å².